The van der Waals surface area contributed by atoms with Crippen LogP contribution in [0.1, 0.15) is 99.1 Å². The summed E-state index contributed by atoms with van der Waals surface area (Å²) in [6, 6.07) is 22.8. The molecule has 0 amide bonds. The molecule has 50 heavy (non-hydrogen) atoms. The van der Waals surface area contributed by atoms with Crippen LogP contribution in [-0.4, -0.2) is 15.9 Å². The van der Waals surface area contributed by atoms with Gasteiger partial charge in [0.1, 0.15) is 5.69 Å². The second kappa shape index (κ2) is 18.0. The molecule has 0 atom stereocenters. The van der Waals surface area contributed by atoms with Gasteiger partial charge in [0.25, 0.3) is 0 Å². The first-order valence-corrected chi connectivity index (χ1v) is 17.9. The van der Waals surface area contributed by atoms with Crippen LogP contribution in [0.2, 0.25) is 0 Å². The molecule has 2 aromatic carbocycles. The van der Waals surface area contributed by atoms with E-state index in [4.69, 9.17) is 9.40 Å². The van der Waals surface area contributed by atoms with Crippen LogP contribution >= 0.6 is 0 Å². The molecule has 0 aliphatic carbocycles. The first kappa shape index (κ1) is 40.7. The van der Waals surface area contributed by atoms with E-state index < -0.39 is 0 Å². The Morgan fingerprint density at radius 3 is 2.24 bits per heavy atom. The molecule has 5 rings (SSSR count). The summed E-state index contributed by atoms with van der Waals surface area (Å²) in [7, 11) is 4.26. The number of hydrogen-bond acceptors (Lipinski definition) is 4. The number of aromatic nitrogens is 2. The number of aliphatic hydroxyl groups excluding tert-OH is 1. The van der Waals surface area contributed by atoms with Crippen LogP contribution in [0.15, 0.2) is 83.3 Å². The zero-order chi connectivity index (χ0) is 35.9. The van der Waals surface area contributed by atoms with Gasteiger partial charge in [-0.05, 0) is 78.8 Å². The summed E-state index contributed by atoms with van der Waals surface area (Å²) in [5.41, 5.74) is 7.25. The second-order valence-electron chi connectivity index (χ2n) is 14.6. The standard InChI is InChI=1S/C31H31N2O.C13H24O2.Ir/c1-20(2)15-23-18-28(32-30-26(23)12-14-34-30)22-11-13-33(6)29(19-22)24-16-21-9-7-8-10-25(21)27(17-24)31(3,4)5;1-5-10(6-2)12(14)9-13(15)11(7-3)8-4;/h7-14,17-20H,6,15H2,1-5H3;9-11,14H,5-8H2,1-4H3;/q-1;;/b;12-9-;. The van der Waals surface area contributed by atoms with Crippen LogP contribution in [0.25, 0.3) is 44.4 Å². The van der Waals surface area contributed by atoms with E-state index in [1.807, 2.05) is 44.5 Å². The quantitative estimate of drug-likeness (QED) is 0.0622. The molecule has 269 valence electrons. The second-order valence-corrected chi connectivity index (χ2v) is 14.6. The van der Waals surface area contributed by atoms with Crippen molar-refractivity contribution in [3.8, 4) is 22.5 Å². The molecule has 0 saturated carbocycles. The molecule has 0 aliphatic heterocycles. The minimum Gasteiger partial charge on any atom is -0.512 e. The Morgan fingerprint density at radius 2 is 1.62 bits per heavy atom. The van der Waals surface area contributed by atoms with Crippen LogP contribution in [0.4, 0.5) is 0 Å². The van der Waals surface area contributed by atoms with E-state index in [-0.39, 0.29) is 48.9 Å². The fourth-order valence-corrected chi connectivity index (χ4v) is 6.46. The summed E-state index contributed by atoms with van der Waals surface area (Å²) in [5.74, 6) is 1.09. The number of hydrogen-bond donors (Lipinski definition) is 1. The molecule has 0 aliphatic rings. The monoisotopic (exact) mass is 852 g/mol. The molecule has 1 radical (unpaired) electrons. The Morgan fingerprint density at radius 1 is 0.960 bits per heavy atom. The van der Waals surface area contributed by atoms with E-state index in [1.54, 1.807) is 6.26 Å². The minimum absolute atomic E-state index is 0. The average Bonchev–Trinajstić information content (AvgIpc) is 3.54. The normalized spacial score (nSPS) is 12.0. The Balaban J connectivity index is 0.000000361. The number of rotatable bonds is 11. The first-order chi connectivity index (χ1) is 23.3. The Hall–Kier alpha value is -3.73. The van der Waals surface area contributed by atoms with E-state index in [9.17, 15) is 9.90 Å². The molecule has 3 heterocycles. The summed E-state index contributed by atoms with van der Waals surface area (Å²) in [4.78, 5) is 16.6. The number of nitrogens with zero attached hydrogens (tertiary/aromatic N) is 2. The van der Waals surface area contributed by atoms with Crippen molar-refractivity contribution in [3.05, 3.63) is 103 Å². The molecule has 0 unspecified atom stereocenters. The van der Waals surface area contributed by atoms with Crippen molar-refractivity contribution >= 4 is 27.7 Å². The zero-order valence-electron chi connectivity index (χ0n) is 31.4. The first-order valence-electron chi connectivity index (χ1n) is 17.9. The topological polar surface area (TPSA) is 67.2 Å². The third-order valence-electron chi connectivity index (χ3n) is 9.42. The average molecular weight is 852 g/mol. The van der Waals surface area contributed by atoms with Crippen molar-refractivity contribution in [1.82, 2.24) is 4.98 Å². The van der Waals surface area contributed by atoms with Gasteiger partial charge in [-0.2, -0.15) is 0 Å². The number of fused-ring (bicyclic) bond motifs is 2. The summed E-state index contributed by atoms with van der Waals surface area (Å²) >= 11 is 0. The van der Waals surface area contributed by atoms with Crippen LogP contribution in [0, 0.1) is 30.9 Å². The molecule has 5 nitrogen and oxygen atoms in total. The summed E-state index contributed by atoms with van der Waals surface area (Å²) in [6.45, 7) is 19.3. The van der Waals surface area contributed by atoms with E-state index in [2.05, 4.69) is 96.3 Å². The van der Waals surface area contributed by atoms with Crippen molar-refractivity contribution in [2.75, 3.05) is 0 Å². The number of benzene rings is 2. The Labute approximate surface area is 313 Å². The van der Waals surface area contributed by atoms with Gasteiger partial charge in [-0.3, -0.25) is 4.79 Å². The van der Waals surface area contributed by atoms with Crippen molar-refractivity contribution in [2.45, 2.75) is 99.8 Å². The number of aliphatic hydroxyl groups is 1. The Bertz CT molecular complexity index is 1910. The number of carbonyl (C=O) groups excluding carboxylic acids is 1. The van der Waals surface area contributed by atoms with Gasteiger partial charge in [0.15, 0.2) is 5.78 Å². The van der Waals surface area contributed by atoms with Crippen molar-refractivity contribution in [2.24, 2.45) is 17.8 Å². The molecule has 3 aromatic heterocycles. The predicted molar refractivity (Wildman–Crippen MR) is 203 cm³/mol. The fourth-order valence-electron chi connectivity index (χ4n) is 6.46. The molecule has 5 aromatic rings. The molecule has 0 bridgehead atoms. The molecule has 0 spiro atoms. The van der Waals surface area contributed by atoms with Crippen molar-refractivity contribution in [1.29, 1.82) is 0 Å². The predicted octanol–water partition coefficient (Wildman–Crippen LogP) is 11.4. The molecular weight excluding hydrogens is 797 g/mol. The molecule has 0 saturated heterocycles. The van der Waals surface area contributed by atoms with Gasteiger partial charge in [0, 0.05) is 50.5 Å². The number of pyridine rings is 2. The van der Waals surface area contributed by atoms with Gasteiger partial charge >= 0.3 is 0 Å². The van der Waals surface area contributed by atoms with E-state index in [0.717, 1.165) is 65.4 Å². The van der Waals surface area contributed by atoms with Crippen LogP contribution in [-0.2, 0) is 36.7 Å². The van der Waals surface area contributed by atoms with Gasteiger partial charge in [-0.15, -0.1) is 29.1 Å². The molecular formula is C44H55IrN2O3-. The number of furan rings is 1. The molecule has 0 fully saturated rings. The fraction of sp³-hybridized carbons (Fsp3) is 0.409. The van der Waals surface area contributed by atoms with Crippen LogP contribution in [0.3, 0.4) is 0 Å². The maximum Gasteiger partial charge on any atom is 0.226 e. The Kier molecular flexibility index (Phi) is 14.6. The molecule has 1 N–H and O–H groups in total. The molecule has 6 heteroatoms. The van der Waals surface area contributed by atoms with Crippen LogP contribution in [0.5, 0.6) is 0 Å². The SMILES string of the molecule is CCC(CC)C(=O)/C=C(\O)C(CC)CC.[CH2-][n+]1ccc(-c2cc(CC(C)C)c3ccoc3n2)cc1-c1[c-]c2ccccc2c(C(C)(C)C)c1.[Ir]. The summed E-state index contributed by atoms with van der Waals surface area (Å²) in [5, 5.41) is 13.2. The van der Waals surface area contributed by atoms with Crippen molar-refractivity contribution < 1.29 is 39.0 Å². The van der Waals surface area contributed by atoms with Gasteiger partial charge in [-0.1, -0.05) is 91.5 Å². The number of carbonyl (C=O) groups is 1. The van der Waals surface area contributed by atoms with Gasteiger partial charge in [0.05, 0.1) is 23.9 Å². The summed E-state index contributed by atoms with van der Waals surface area (Å²) in [6.07, 6.45) is 9.61. The van der Waals surface area contributed by atoms with Crippen molar-refractivity contribution in [3.63, 3.8) is 0 Å². The summed E-state index contributed by atoms with van der Waals surface area (Å²) < 4.78 is 7.62. The van der Waals surface area contributed by atoms with Gasteiger partial charge < -0.3 is 14.1 Å². The van der Waals surface area contributed by atoms with Crippen LogP contribution < -0.4 is 4.57 Å². The third kappa shape index (κ3) is 9.74. The van der Waals surface area contributed by atoms with E-state index >= 15 is 0 Å². The van der Waals surface area contributed by atoms with E-state index in [1.165, 1.54) is 22.6 Å². The maximum absolute atomic E-state index is 11.7. The number of allylic oxidation sites excluding steroid dienone is 2. The minimum atomic E-state index is 0. The number of ketones is 1. The third-order valence-corrected chi connectivity index (χ3v) is 9.42. The smallest absolute Gasteiger partial charge is 0.226 e. The van der Waals surface area contributed by atoms with Gasteiger partial charge in [-0.25, -0.2) is 4.98 Å². The maximum atomic E-state index is 11.7. The van der Waals surface area contributed by atoms with Gasteiger partial charge in [0.2, 0.25) is 5.71 Å². The largest absolute Gasteiger partial charge is 0.512 e. The van der Waals surface area contributed by atoms with E-state index in [0.29, 0.717) is 11.6 Å². The zero-order valence-corrected chi connectivity index (χ0v) is 33.8.